The van der Waals surface area contributed by atoms with Crippen molar-refractivity contribution in [1.29, 1.82) is 0 Å². The summed E-state index contributed by atoms with van der Waals surface area (Å²) in [6.07, 6.45) is 0. The van der Waals surface area contributed by atoms with E-state index >= 15 is 0 Å². The lowest BCUT2D eigenvalue weighted by molar-refractivity contribution is 0.249. The summed E-state index contributed by atoms with van der Waals surface area (Å²) in [5.74, 6) is -0.431. The maximum atomic E-state index is 13.3. The summed E-state index contributed by atoms with van der Waals surface area (Å²) in [5, 5.41) is 2.41. The molecule has 1 aromatic rings. The second kappa shape index (κ2) is 4.41. The topological polar surface area (TPSA) is 32.3 Å². The summed E-state index contributed by atoms with van der Waals surface area (Å²) < 4.78 is 14.0. The van der Waals surface area contributed by atoms with Crippen molar-refractivity contribution in [2.24, 2.45) is 0 Å². The Morgan fingerprint density at radius 3 is 2.79 bits per heavy atom. The van der Waals surface area contributed by atoms with Crippen molar-refractivity contribution >= 4 is 27.6 Å². The molecule has 0 aliphatic carbocycles. The number of anilines is 1. The molecule has 5 heteroatoms. The first kappa shape index (κ1) is 11.0. The van der Waals surface area contributed by atoms with Gasteiger partial charge in [-0.2, -0.15) is 0 Å². The Hall–Kier alpha value is -1.10. The summed E-state index contributed by atoms with van der Waals surface area (Å²) in [4.78, 5) is 12.4. The van der Waals surface area contributed by atoms with E-state index in [0.29, 0.717) is 0 Å². The lowest BCUT2D eigenvalue weighted by atomic mass is 10.3. The summed E-state index contributed by atoms with van der Waals surface area (Å²) in [6, 6.07) is 4.07. The first-order chi connectivity index (χ1) is 6.56. The van der Waals surface area contributed by atoms with Gasteiger partial charge in [0.25, 0.3) is 0 Å². The maximum Gasteiger partial charge on any atom is 0.321 e. The van der Waals surface area contributed by atoms with Crippen molar-refractivity contribution in [1.82, 2.24) is 5.32 Å². The van der Waals surface area contributed by atoms with Crippen LogP contribution in [0, 0.1) is 5.82 Å². The average molecular weight is 261 g/mol. The minimum Gasteiger partial charge on any atom is -0.341 e. The number of hydrogen-bond acceptors (Lipinski definition) is 1. The van der Waals surface area contributed by atoms with Crippen LogP contribution in [0.25, 0.3) is 0 Å². The zero-order valence-corrected chi connectivity index (χ0v) is 9.43. The first-order valence-corrected chi connectivity index (χ1v) is 4.76. The van der Waals surface area contributed by atoms with Crippen molar-refractivity contribution in [2.45, 2.75) is 0 Å². The molecule has 0 unspecified atom stereocenters. The van der Waals surface area contributed by atoms with Crippen LogP contribution in [0.3, 0.4) is 0 Å². The van der Waals surface area contributed by atoms with E-state index in [1.54, 1.807) is 12.1 Å². The second-order valence-electron chi connectivity index (χ2n) is 2.71. The van der Waals surface area contributed by atoms with Gasteiger partial charge in [0.05, 0.1) is 5.69 Å². The van der Waals surface area contributed by atoms with Crippen LogP contribution in [0.4, 0.5) is 14.9 Å². The van der Waals surface area contributed by atoms with Crippen LogP contribution in [0.2, 0.25) is 0 Å². The van der Waals surface area contributed by atoms with E-state index in [9.17, 15) is 9.18 Å². The lowest BCUT2D eigenvalue weighted by Crippen LogP contribution is -2.35. The number of rotatable bonds is 1. The Kier molecular flexibility index (Phi) is 3.46. The van der Waals surface area contributed by atoms with Crippen LogP contribution in [0.15, 0.2) is 22.7 Å². The second-order valence-corrected chi connectivity index (χ2v) is 3.63. The highest BCUT2D eigenvalue weighted by atomic mass is 79.9. The van der Waals surface area contributed by atoms with E-state index in [2.05, 4.69) is 21.2 Å². The molecule has 14 heavy (non-hydrogen) atoms. The number of benzene rings is 1. The number of carbonyl (C=O) groups is 1. The number of amides is 2. The Morgan fingerprint density at radius 1 is 1.57 bits per heavy atom. The van der Waals surface area contributed by atoms with Crippen LogP contribution in [0.1, 0.15) is 0 Å². The van der Waals surface area contributed by atoms with Crippen LogP contribution in [-0.2, 0) is 0 Å². The lowest BCUT2D eigenvalue weighted by Gasteiger charge is -2.17. The fourth-order valence-corrected chi connectivity index (χ4v) is 1.37. The van der Waals surface area contributed by atoms with Crippen molar-refractivity contribution in [3.63, 3.8) is 0 Å². The van der Waals surface area contributed by atoms with Gasteiger partial charge in [-0.1, -0.05) is 15.9 Å². The third-order valence-corrected chi connectivity index (χ3v) is 2.28. The molecule has 0 bridgehead atoms. The van der Waals surface area contributed by atoms with Gasteiger partial charge in [-0.05, 0) is 18.2 Å². The van der Waals surface area contributed by atoms with Crippen molar-refractivity contribution < 1.29 is 9.18 Å². The van der Waals surface area contributed by atoms with E-state index in [1.165, 1.54) is 25.1 Å². The van der Waals surface area contributed by atoms with Gasteiger partial charge >= 0.3 is 6.03 Å². The van der Waals surface area contributed by atoms with Gasteiger partial charge in [0, 0.05) is 18.6 Å². The smallest absolute Gasteiger partial charge is 0.321 e. The fraction of sp³-hybridized carbons (Fsp3) is 0.222. The molecule has 0 spiro atoms. The molecule has 3 nitrogen and oxygen atoms in total. The number of urea groups is 1. The number of halogens is 2. The van der Waals surface area contributed by atoms with Gasteiger partial charge in [-0.15, -0.1) is 0 Å². The van der Waals surface area contributed by atoms with E-state index in [4.69, 9.17) is 0 Å². The number of hydrogen-bond donors (Lipinski definition) is 1. The van der Waals surface area contributed by atoms with Crippen LogP contribution >= 0.6 is 15.9 Å². The minimum atomic E-state index is -0.431. The molecule has 0 atom stereocenters. The van der Waals surface area contributed by atoms with Gasteiger partial charge in [-0.3, -0.25) is 4.90 Å². The fourth-order valence-electron chi connectivity index (χ4n) is 1.02. The summed E-state index contributed by atoms with van der Waals surface area (Å²) in [5.41, 5.74) is 0.235. The molecular formula is C9H10BrFN2O. The Bertz CT molecular complexity index is 357. The predicted molar refractivity (Wildman–Crippen MR) is 57.0 cm³/mol. The molecule has 0 heterocycles. The van der Waals surface area contributed by atoms with Gasteiger partial charge < -0.3 is 5.32 Å². The van der Waals surface area contributed by atoms with Crippen LogP contribution in [0.5, 0.6) is 0 Å². The third kappa shape index (κ3) is 2.23. The monoisotopic (exact) mass is 260 g/mol. The highest BCUT2D eigenvalue weighted by Gasteiger charge is 2.13. The number of carbonyl (C=O) groups excluding carboxylic acids is 1. The molecule has 1 aromatic carbocycles. The standard InChI is InChI=1S/C9H10BrFN2O/c1-12-9(14)13(2)8-5-6(10)3-4-7(8)11/h3-5H,1-2H3,(H,12,14). The molecule has 0 radical (unpaired) electrons. The van der Waals surface area contributed by atoms with Crippen LogP contribution in [-0.4, -0.2) is 20.1 Å². The SMILES string of the molecule is CNC(=O)N(C)c1cc(Br)ccc1F. The average Bonchev–Trinajstić information content (AvgIpc) is 2.19. The van der Waals surface area contributed by atoms with Crippen molar-refractivity contribution in [3.05, 3.63) is 28.5 Å². The summed E-state index contributed by atoms with van der Waals surface area (Å²) in [7, 11) is 3.00. The number of nitrogens with one attached hydrogen (secondary N) is 1. The largest absolute Gasteiger partial charge is 0.341 e. The van der Waals surface area contributed by atoms with E-state index in [1.807, 2.05) is 0 Å². The highest BCUT2D eigenvalue weighted by molar-refractivity contribution is 9.10. The van der Waals surface area contributed by atoms with Gasteiger partial charge in [0.1, 0.15) is 5.82 Å². The van der Waals surface area contributed by atoms with E-state index in [-0.39, 0.29) is 11.7 Å². The molecule has 2 amide bonds. The molecule has 0 fully saturated rings. The zero-order chi connectivity index (χ0) is 10.7. The first-order valence-electron chi connectivity index (χ1n) is 3.96. The van der Waals surface area contributed by atoms with Gasteiger partial charge in [-0.25, -0.2) is 9.18 Å². The molecule has 0 aromatic heterocycles. The minimum absolute atomic E-state index is 0.235. The summed E-state index contributed by atoms with van der Waals surface area (Å²) >= 11 is 3.21. The normalized spacial score (nSPS) is 9.71. The number of nitrogens with zero attached hydrogens (tertiary/aromatic N) is 1. The third-order valence-electron chi connectivity index (χ3n) is 1.79. The molecular weight excluding hydrogens is 251 g/mol. The van der Waals surface area contributed by atoms with Gasteiger partial charge in [0.15, 0.2) is 0 Å². The molecule has 0 saturated heterocycles. The highest BCUT2D eigenvalue weighted by Crippen LogP contribution is 2.22. The quantitative estimate of drug-likeness (QED) is 0.826. The Labute approximate surface area is 90.0 Å². The molecule has 1 rings (SSSR count). The maximum absolute atomic E-state index is 13.3. The molecule has 0 aliphatic heterocycles. The predicted octanol–water partition coefficient (Wildman–Crippen LogP) is 2.36. The van der Waals surface area contributed by atoms with E-state index in [0.717, 1.165) is 4.47 Å². The molecule has 1 N–H and O–H groups in total. The van der Waals surface area contributed by atoms with Crippen molar-refractivity contribution in [3.8, 4) is 0 Å². The zero-order valence-electron chi connectivity index (χ0n) is 7.84. The van der Waals surface area contributed by atoms with Crippen LogP contribution < -0.4 is 10.2 Å². The van der Waals surface area contributed by atoms with Crippen molar-refractivity contribution in [2.75, 3.05) is 19.0 Å². The van der Waals surface area contributed by atoms with E-state index < -0.39 is 5.82 Å². The molecule has 0 aliphatic rings. The Balaban J connectivity index is 3.05. The van der Waals surface area contributed by atoms with Gasteiger partial charge in [0.2, 0.25) is 0 Å². The molecule has 76 valence electrons. The molecule has 0 saturated carbocycles. The Morgan fingerprint density at radius 2 is 2.21 bits per heavy atom. The summed E-state index contributed by atoms with van der Waals surface area (Å²) in [6.45, 7) is 0.